The zero-order valence-electron chi connectivity index (χ0n) is 11.7. The molecule has 1 heterocycles. The molecule has 0 bridgehead atoms. The second-order valence-corrected chi connectivity index (χ2v) is 5.49. The quantitative estimate of drug-likeness (QED) is 0.468. The second kappa shape index (κ2) is 5.58. The number of benzene rings is 1. The smallest absolute Gasteiger partial charge is 0.338 e. The monoisotopic (exact) mass is 278 g/mol. The number of non-ortho nitro benzene ring substituents is 1. The highest BCUT2D eigenvalue weighted by Crippen LogP contribution is 2.29. The number of nitro benzene ring substituents is 1. The standard InChI is InChI=1S/C14H18N2O4/c1-3-15-8-14(2,9-15)10-20-13(17)11-4-6-12(7-5-11)16(18)19/h4-7H,3,8-10H2,1-2H3. The molecule has 20 heavy (non-hydrogen) atoms. The van der Waals surface area contributed by atoms with Crippen molar-refractivity contribution >= 4 is 11.7 Å². The van der Waals surface area contributed by atoms with Crippen molar-refractivity contribution < 1.29 is 14.5 Å². The fourth-order valence-corrected chi connectivity index (χ4v) is 2.39. The first-order chi connectivity index (χ1) is 9.43. The molecule has 6 heteroatoms. The zero-order chi connectivity index (χ0) is 14.8. The van der Waals surface area contributed by atoms with Gasteiger partial charge >= 0.3 is 5.97 Å². The summed E-state index contributed by atoms with van der Waals surface area (Å²) in [7, 11) is 0. The SMILES string of the molecule is CCN1CC(C)(COC(=O)c2ccc([N+](=O)[O-])cc2)C1. The maximum absolute atomic E-state index is 11.9. The summed E-state index contributed by atoms with van der Waals surface area (Å²) in [5.74, 6) is -0.434. The Balaban J connectivity index is 1.87. The molecule has 2 rings (SSSR count). The van der Waals surface area contributed by atoms with E-state index < -0.39 is 10.9 Å². The summed E-state index contributed by atoms with van der Waals surface area (Å²) in [6.45, 7) is 7.42. The molecule has 1 aromatic carbocycles. The van der Waals surface area contributed by atoms with E-state index in [1.807, 2.05) is 0 Å². The lowest BCUT2D eigenvalue weighted by molar-refractivity contribution is -0.384. The Morgan fingerprint density at radius 3 is 2.50 bits per heavy atom. The lowest BCUT2D eigenvalue weighted by Gasteiger charge is -2.47. The van der Waals surface area contributed by atoms with Gasteiger partial charge in [0.15, 0.2) is 0 Å². The lowest BCUT2D eigenvalue weighted by Crippen LogP contribution is -2.56. The normalized spacial score (nSPS) is 17.3. The minimum atomic E-state index is -0.496. The third-order valence-electron chi connectivity index (χ3n) is 3.52. The third kappa shape index (κ3) is 3.14. The molecule has 1 fully saturated rings. The predicted molar refractivity (Wildman–Crippen MR) is 73.6 cm³/mol. The molecule has 0 saturated carbocycles. The number of hydrogen-bond donors (Lipinski definition) is 0. The lowest BCUT2D eigenvalue weighted by atomic mass is 9.83. The number of carbonyl (C=O) groups excluding carboxylic acids is 1. The minimum absolute atomic E-state index is 0.0203. The van der Waals surface area contributed by atoms with Crippen molar-refractivity contribution in [3.8, 4) is 0 Å². The first-order valence-corrected chi connectivity index (χ1v) is 6.57. The van der Waals surface area contributed by atoms with Crippen LogP contribution in [0.5, 0.6) is 0 Å². The number of carbonyl (C=O) groups is 1. The Labute approximate surface area is 117 Å². The summed E-state index contributed by atoms with van der Waals surface area (Å²) in [5.41, 5.74) is 0.323. The van der Waals surface area contributed by atoms with Gasteiger partial charge in [0, 0.05) is 30.6 Å². The Hall–Kier alpha value is -1.95. The van der Waals surface area contributed by atoms with Crippen molar-refractivity contribution in [1.29, 1.82) is 0 Å². The highest BCUT2D eigenvalue weighted by atomic mass is 16.6. The van der Waals surface area contributed by atoms with Gasteiger partial charge in [-0.2, -0.15) is 0 Å². The maximum Gasteiger partial charge on any atom is 0.338 e. The van der Waals surface area contributed by atoms with Crippen LogP contribution in [0.4, 0.5) is 5.69 Å². The molecular formula is C14H18N2O4. The molecule has 6 nitrogen and oxygen atoms in total. The molecular weight excluding hydrogens is 260 g/mol. The average Bonchev–Trinajstić information content (AvgIpc) is 2.41. The van der Waals surface area contributed by atoms with Crippen LogP contribution >= 0.6 is 0 Å². The van der Waals surface area contributed by atoms with Crippen LogP contribution in [0.15, 0.2) is 24.3 Å². The average molecular weight is 278 g/mol. The summed E-state index contributed by atoms with van der Waals surface area (Å²) >= 11 is 0. The topological polar surface area (TPSA) is 72.7 Å². The van der Waals surface area contributed by atoms with Gasteiger partial charge in [0.1, 0.15) is 0 Å². The van der Waals surface area contributed by atoms with Crippen molar-refractivity contribution in [3.63, 3.8) is 0 Å². The van der Waals surface area contributed by atoms with Crippen LogP contribution in [-0.4, -0.2) is 42.0 Å². The van der Waals surface area contributed by atoms with Gasteiger partial charge in [0.2, 0.25) is 0 Å². The van der Waals surface area contributed by atoms with Crippen LogP contribution in [0.2, 0.25) is 0 Å². The summed E-state index contributed by atoms with van der Waals surface area (Å²) in [4.78, 5) is 24.2. The van der Waals surface area contributed by atoms with Crippen LogP contribution in [0.25, 0.3) is 0 Å². The summed E-state index contributed by atoms with van der Waals surface area (Å²) in [6.07, 6.45) is 0. The Kier molecular flexibility index (Phi) is 4.04. The van der Waals surface area contributed by atoms with Crippen molar-refractivity contribution in [2.24, 2.45) is 5.41 Å². The molecule has 1 saturated heterocycles. The summed E-state index contributed by atoms with van der Waals surface area (Å²) in [6, 6.07) is 5.45. The van der Waals surface area contributed by atoms with E-state index in [0.29, 0.717) is 12.2 Å². The van der Waals surface area contributed by atoms with Crippen molar-refractivity contribution in [2.75, 3.05) is 26.2 Å². The van der Waals surface area contributed by atoms with Crippen molar-refractivity contribution in [1.82, 2.24) is 4.90 Å². The number of nitrogens with zero attached hydrogens (tertiary/aromatic N) is 2. The fraction of sp³-hybridized carbons (Fsp3) is 0.500. The first kappa shape index (κ1) is 14.5. The number of ether oxygens (including phenoxy) is 1. The maximum atomic E-state index is 11.9. The fourth-order valence-electron chi connectivity index (χ4n) is 2.39. The van der Waals surface area contributed by atoms with Crippen LogP contribution in [0.3, 0.4) is 0 Å². The van der Waals surface area contributed by atoms with E-state index >= 15 is 0 Å². The van der Waals surface area contributed by atoms with Gasteiger partial charge in [-0.15, -0.1) is 0 Å². The molecule has 0 spiro atoms. The van der Waals surface area contributed by atoms with Crippen LogP contribution in [-0.2, 0) is 4.74 Å². The van der Waals surface area contributed by atoms with E-state index in [-0.39, 0.29) is 11.1 Å². The predicted octanol–water partition coefficient (Wildman–Crippen LogP) is 2.09. The van der Waals surface area contributed by atoms with E-state index in [4.69, 9.17) is 4.74 Å². The third-order valence-corrected chi connectivity index (χ3v) is 3.52. The van der Waals surface area contributed by atoms with Crippen molar-refractivity contribution in [2.45, 2.75) is 13.8 Å². The zero-order valence-corrected chi connectivity index (χ0v) is 11.7. The highest BCUT2D eigenvalue weighted by Gasteiger charge is 2.38. The number of esters is 1. The minimum Gasteiger partial charge on any atom is -0.461 e. The molecule has 1 aromatic rings. The number of hydrogen-bond acceptors (Lipinski definition) is 5. The number of likely N-dealkylation sites (tertiary alicyclic amines) is 1. The van der Waals surface area contributed by atoms with Gasteiger partial charge in [-0.25, -0.2) is 4.79 Å². The molecule has 0 aliphatic carbocycles. The van der Waals surface area contributed by atoms with E-state index in [9.17, 15) is 14.9 Å². The highest BCUT2D eigenvalue weighted by molar-refractivity contribution is 5.89. The Morgan fingerprint density at radius 1 is 1.40 bits per heavy atom. The molecule has 0 atom stereocenters. The molecule has 0 unspecified atom stereocenters. The van der Waals surface area contributed by atoms with Gasteiger partial charge < -0.3 is 9.64 Å². The van der Waals surface area contributed by atoms with Gasteiger partial charge in [-0.05, 0) is 18.7 Å². The van der Waals surface area contributed by atoms with Crippen LogP contribution < -0.4 is 0 Å². The Bertz CT molecular complexity index is 506. The van der Waals surface area contributed by atoms with E-state index in [1.165, 1.54) is 24.3 Å². The molecule has 0 N–H and O–H groups in total. The molecule has 0 amide bonds. The van der Waals surface area contributed by atoms with Gasteiger partial charge in [0.25, 0.3) is 5.69 Å². The second-order valence-electron chi connectivity index (χ2n) is 5.49. The van der Waals surface area contributed by atoms with E-state index in [0.717, 1.165) is 19.6 Å². The molecule has 0 radical (unpaired) electrons. The van der Waals surface area contributed by atoms with Crippen LogP contribution in [0, 0.1) is 15.5 Å². The van der Waals surface area contributed by atoms with Crippen LogP contribution in [0.1, 0.15) is 24.2 Å². The molecule has 0 aromatic heterocycles. The van der Waals surface area contributed by atoms with Gasteiger partial charge in [-0.3, -0.25) is 10.1 Å². The molecule has 108 valence electrons. The Morgan fingerprint density at radius 2 is 2.00 bits per heavy atom. The summed E-state index contributed by atoms with van der Waals surface area (Å²) < 4.78 is 5.29. The largest absolute Gasteiger partial charge is 0.461 e. The van der Waals surface area contributed by atoms with Gasteiger partial charge in [-0.1, -0.05) is 13.8 Å². The first-order valence-electron chi connectivity index (χ1n) is 6.57. The molecule has 1 aliphatic rings. The van der Waals surface area contributed by atoms with Gasteiger partial charge in [0.05, 0.1) is 17.1 Å². The number of nitro groups is 1. The van der Waals surface area contributed by atoms with E-state index in [2.05, 4.69) is 18.7 Å². The van der Waals surface area contributed by atoms with E-state index in [1.54, 1.807) is 0 Å². The number of rotatable bonds is 5. The summed E-state index contributed by atoms with van der Waals surface area (Å²) in [5, 5.41) is 10.5. The molecule has 1 aliphatic heterocycles. The van der Waals surface area contributed by atoms with Crippen molar-refractivity contribution in [3.05, 3.63) is 39.9 Å².